The Morgan fingerprint density at radius 3 is 1.27 bits per heavy atom. The average molecular weight is 423 g/mol. The Labute approximate surface area is 162 Å². The van der Waals surface area contributed by atoms with E-state index < -0.39 is 34.7 Å². The highest BCUT2D eigenvalue weighted by Crippen LogP contribution is 2.16. The first-order valence-electron chi connectivity index (χ1n) is 8.86. The predicted molar refractivity (Wildman–Crippen MR) is 117 cm³/mol. The van der Waals surface area contributed by atoms with Crippen LogP contribution in [0.15, 0.2) is 60.7 Å². The highest BCUT2D eigenvalue weighted by Gasteiger charge is 2.40. The predicted octanol–water partition coefficient (Wildman–Crippen LogP) is 2.67. The first kappa shape index (κ1) is 21.4. The van der Waals surface area contributed by atoms with E-state index in [0.29, 0.717) is 0 Å². The molecule has 2 rings (SSSR count). The maximum Gasteiger partial charge on any atom is 0.454 e. The van der Waals surface area contributed by atoms with Gasteiger partial charge in [0.15, 0.2) is 0 Å². The largest absolute Gasteiger partial charge is 0.454 e. The fraction of sp³-hybridized carbons (Fsp3) is 0.333. The van der Waals surface area contributed by atoms with Crippen molar-refractivity contribution in [2.45, 2.75) is 39.3 Å². The van der Waals surface area contributed by atoms with E-state index in [2.05, 4.69) is 50.5 Å². The van der Waals surface area contributed by atoms with Crippen LogP contribution in [-0.2, 0) is 12.3 Å². The topological polar surface area (TPSA) is 47.9 Å². The summed E-state index contributed by atoms with van der Waals surface area (Å²) >= 11 is 0. The Balaban J connectivity index is 2.23. The van der Waals surface area contributed by atoms with Crippen LogP contribution in [0.5, 0.6) is 0 Å². The van der Waals surface area contributed by atoms with E-state index in [1.54, 1.807) is 13.1 Å². The van der Waals surface area contributed by atoms with Gasteiger partial charge in [0.25, 0.3) is 0 Å². The molecule has 0 unspecified atom stereocenters. The Morgan fingerprint density at radius 1 is 0.615 bits per heavy atom. The van der Waals surface area contributed by atoms with Gasteiger partial charge in [-0.3, -0.25) is 0 Å². The van der Waals surface area contributed by atoms with Crippen molar-refractivity contribution in [2.24, 2.45) is 0 Å². The molecule has 26 heavy (non-hydrogen) atoms. The van der Waals surface area contributed by atoms with Crippen LogP contribution >= 0.6 is 0 Å². The molecule has 0 amide bonds. The van der Waals surface area contributed by atoms with Crippen LogP contribution in [0.1, 0.15) is 0 Å². The van der Waals surface area contributed by atoms with Gasteiger partial charge in [-0.05, 0) is 49.7 Å². The van der Waals surface area contributed by atoms with Crippen molar-refractivity contribution in [3.63, 3.8) is 0 Å². The van der Waals surface area contributed by atoms with Gasteiger partial charge in [-0.25, -0.2) is 0 Å². The van der Waals surface area contributed by atoms with Crippen molar-refractivity contribution in [2.75, 3.05) is 0 Å². The summed E-state index contributed by atoms with van der Waals surface area (Å²) in [5.74, 6) is 0. The molecule has 1 N–H and O–H groups in total. The first-order chi connectivity index (χ1) is 12.0. The molecule has 0 fully saturated rings. The molecule has 0 aliphatic rings. The molecule has 0 aromatic heterocycles. The van der Waals surface area contributed by atoms with Gasteiger partial charge in [0.05, 0.1) is 0 Å². The van der Waals surface area contributed by atoms with Crippen LogP contribution in [0.4, 0.5) is 0 Å². The minimum Gasteiger partial charge on any atom is -0.415 e. The molecule has 0 radical (unpaired) electrons. The maximum absolute atomic E-state index is 10.3. The van der Waals surface area contributed by atoms with E-state index in [9.17, 15) is 4.80 Å². The lowest BCUT2D eigenvalue weighted by Gasteiger charge is -2.35. The van der Waals surface area contributed by atoms with Gasteiger partial charge in [0.1, 0.15) is 0 Å². The molecule has 2 aromatic rings. The molecule has 0 saturated heterocycles. The average Bonchev–Trinajstić information content (AvgIpc) is 2.54. The van der Waals surface area contributed by atoms with Gasteiger partial charge in [-0.15, -0.1) is 0 Å². The summed E-state index contributed by atoms with van der Waals surface area (Å²) in [4.78, 5) is 10.3. The normalized spacial score (nSPS) is 13.2. The zero-order valence-corrected chi connectivity index (χ0v) is 20.7. The SMILES string of the molecule is C[Si](C)(O)O[SiH](O[Si](C)(C)c1ccccc1)O[Si](C)(C)c1ccccc1. The lowest BCUT2D eigenvalue weighted by atomic mass is 10.4. The number of rotatable bonds is 8. The van der Waals surface area contributed by atoms with Crippen molar-refractivity contribution >= 4 is 45.1 Å². The van der Waals surface area contributed by atoms with Crippen LogP contribution in [0.3, 0.4) is 0 Å². The summed E-state index contributed by atoms with van der Waals surface area (Å²) in [5, 5.41) is 2.39. The quantitative estimate of drug-likeness (QED) is 0.665. The van der Waals surface area contributed by atoms with E-state index in [0.717, 1.165) is 0 Å². The molecule has 142 valence electrons. The fourth-order valence-corrected chi connectivity index (χ4v) is 13.3. The van der Waals surface area contributed by atoms with Crippen molar-refractivity contribution in [1.82, 2.24) is 0 Å². The van der Waals surface area contributed by atoms with Gasteiger partial charge in [0.2, 0.25) is 16.6 Å². The third kappa shape index (κ3) is 6.39. The number of hydrogen-bond donors (Lipinski definition) is 1. The van der Waals surface area contributed by atoms with Crippen molar-refractivity contribution in [3.05, 3.63) is 60.7 Å². The Kier molecular flexibility index (Phi) is 6.96. The lowest BCUT2D eigenvalue weighted by molar-refractivity contribution is 0.267. The third-order valence-corrected chi connectivity index (χ3v) is 16.9. The number of hydrogen-bond acceptors (Lipinski definition) is 4. The molecule has 2 aromatic carbocycles. The summed E-state index contributed by atoms with van der Waals surface area (Å²) < 4.78 is 19.0. The summed E-state index contributed by atoms with van der Waals surface area (Å²) in [5.41, 5.74) is 0. The molecule has 4 nitrogen and oxygen atoms in total. The molecule has 0 bridgehead atoms. The van der Waals surface area contributed by atoms with Gasteiger partial charge >= 0.3 is 18.1 Å². The molecule has 0 aliphatic heterocycles. The van der Waals surface area contributed by atoms with Gasteiger partial charge in [0, 0.05) is 0 Å². The molecule has 0 spiro atoms. The molecular formula is C18H30O4Si4. The smallest absolute Gasteiger partial charge is 0.415 e. The van der Waals surface area contributed by atoms with E-state index in [4.69, 9.17) is 12.3 Å². The molecule has 0 heterocycles. The molecule has 0 saturated carbocycles. The Bertz CT molecular complexity index is 634. The third-order valence-electron chi connectivity index (χ3n) is 4.10. The maximum atomic E-state index is 10.3. The molecule has 0 atom stereocenters. The second-order valence-electron chi connectivity index (χ2n) is 7.84. The molecule has 0 aliphatic carbocycles. The molecular weight excluding hydrogens is 393 g/mol. The Hall–Kier alpha value is -0.852. The van der Waals surface area contributed by atoms with E-state index in [1.807, 2.05) is 36.4 Å². The summed E-state index contributed by atoms with van der Waals surface area (Å²) in [6.45, 7) is 12.1. The second-order valence-corrected chi connectivity index (χ2v) is 21.3. The standard InChI is InChI=1S/C18H30O4Si4/c1-24(2,17-13-9-7-10-14-17)20-23(22-26(5,6)19)21-25(3,4)18-15-11-8-12-16-18/h7-16,19,23H,1-6H3. The van der Waals surface area contributed by atoms with Crippen LogP contribution in [0, 0.1) is 0 Å². The van der Waals surface area contributed by atoms with Gasteiger partial charge in [-0.2, -0.15) is 0 Å². The lowest BCUT2D eigenvalue weighted by Crippen LogP contribution is -2.58. The van der Waals surface area contributed by atoms with Crippen LogP contribution in [-0.4, -0.2) is 39.5 Å². The molecule has 8 heteroatoms. The monoisotopic (exact) mass is 422 g/mol. The highest BCUT2D eigenvalue weighted by atomic mass is 28.5. The van der Waals surface area contributed by atoms with Crippen LogP contribution < -0.4 is 10.4 Å². The van der Waals surface area contributed by atoms with E-state index in [-0.39, 0.29) is 0 Å². The second kappa shape index (κ2) is 8.44. The van der Waals surface area contributed by atoms with Crippen molar-refractivity contribution < 1.29 is 17.1 Å². The van der Waals surface area contributed by atoms with E-state index >= 15 is 0 Å². The van der Waals surface area contributed by atoms with Crippen LogP contribution in [0.25, 0.3) is 0 Å². The van der Waals surface area contributed by atoms with Gasteiger partial charge in [-0.1, -0.05) is 60.7 Å². The van der Waals surface area contributed by atoms with Crippen molar-refractivity contribution in [3.8, 4) is 0 Å². The minimum atomic E-state index is -2.77. The van der Waals surface area contributed by atoms with E-state index in [1.165, 1.54) is 10.4 Å². The van der Waals surface area contributed by atoms with Crippen LogP contribution in [0.2, 0.25) is 39.3 Å². The Morgan fingerprint density at radius 2 is 0.962 bits per heavy atom. The minimum absolute atomic E-state index is 1.20. The summed E-state index contributed by atoms with van der Waals surface area (Å²) in [7, 11) is -9.67. The summed E-state index contributed by atoms with van der Waals surface area (Å²) in [6, 6.07) is 20.5. The fourth-order valence-electron chi connectivity index (χ4n) is 2.60. The van der Waals surface area contributed by atoms with Gasteiger partial charge < -0.3 is 17.1 Å². The number of benzene rings is 2. The summed E-state index contributed by atoms with van der Waals surface area (Å²) in [6.07, 6.45) is 0. The zero-order valence-electron chi connectivity index (χ0n) is 16.5. The van der Waals surface area contributed by atoms with Crippen molar-refractivity contribution in [1.29, 1.82) is 0 Å². The highest BCUT2D eigenvalue weighted by molar-refractivity contribution is 6.92. The first-order valence-corrected chi connectivity index (χ1v) is 19.0. The zero-order chi connectivity index (χ0) is 19.4.